The van der Waals surface area contributed by atoms with Crippen molar-refractivity contribution >= 4 is 45.8 Å². The maximum Gasteiger partial charge on any atom is 0.293 e. The van der Waals surface area contributed by atoms with Crippen LogP contribution in [0.25, 0.3) is 17.0 Å². The van der Waals surface area contributed by atoms with Crippen molar-refractivity contribution in [1.29, 1.82) is 0 Å². The number of para-hydroxylation sites is 1. The molecule has 0 unspecified atom stereocenters. The van der Waals surface area contributed by atoms with Gasteiger partial charge in [0.15, 0.2) is 0 Å². The van der Waals surface area contributed by atoms with E-state index in [9.17, 15) is 14.4 Å². The van der Waals surface area contributed by atoms with E-state index in [1.165, 1.54) is 11.0 Å². The summed E-state index contributed by atoms with van der Waals surface area (Å²) in [5.41, 5.74) is 1.73. The van der Waals surface area contributed by atoms with Crippen molar-refractivity contribution in [2.75, 3.05) is 6.54 Å². The summed E-state index contributed by atoms with van der Waals surface area (Å²) >= 11 is 0.927. The second kappa shape index (κ2) is 7.08. The van der Waals surface area contributed by atoms with Gasteiger partial charge in [-0.3, -0.25) is 19.3 Å². The van der Waals surface area contributed by atoms with Crippen molar-refractivity contribution in [2.45, 2.75) is 25.4 Å². The number of rotatable bonds is 6. The van der Waals surface area contributed by atoms with E-state index in [1.807, 2.05) is 35.0 Å². The van der Waals surface area contributed by atoms with E-state index >= 15 is 0 Å². The van der Waals surface area contributed by atoms with E-state index in [0.29, 0.717) is 10.9 Å². The lowest BCUT2D eigenvalue weighted by atomic mass is 10.1. The molecule has 1 aromatic heterocycles. The van der Waals surface area contributed by atoms with E-state index in [0.717, 1.165) is 41.1 Å². The highest BCUT2D eigenvalue weighted by molar-refractivity contribution is 8.18. The minimum Gasteiger partial charge on any atom is -0.352 e. The third-order valence-corrected chi connectivity index (χ3v) is 5.46. The molecule has 2 fully saturated rings. The molecule has 2 aromatic rings. The Morgan fingerprint density at radius 1 is 1.30 bits per heavy atom. The molecule has 1 aliphatic carbocycles. The van der Waals surface area contributed by atoms with Gasteiger partial charge in [-0.15, -0.1) is 6.58 Å². The van der Waals surface area contributed by atoms with Crippen LogP contribution in [-0.2, 0) is 16.1 Å². The summed E-state index contributed by atoms with van der Waals surface area (Å²) in [6.07, 6.45) is 7.21. The molecule has 0 radical (unpaired) electrons. The highest BCUT2D eigenvalue weighted by Gasteiger charge is 2.34. The molecule has 1 aliphatic heterocycles. The lowest BCUT2D eigenvalue weighted by molar-refractivity contribution is -0.122. The van der Waals surface area contributed by atoms with Crippen LogP contribution in [0.2, 0.25) is 0 Å². The molecule has 3 amide bonds. The Kier molecular flexibility index (Phi) is 4.61. The van der Waals surface area contributed by atoms with Crippen LogP contribution in [0.3, 0.4) is 0 Å². The SMILES string of the molecule is C=CCN1C(=O)S/C(=C\c2cn(CC(=O)NC3CC3)c3ccccc23)C1=O. The van der Waals surface area contributed by atoms with Crippen molar-refractivity contribution in [1.82, 2.24) is 14.8 Å². The molecule has 0 atom stereocenters. The molecule has 0 bridgehead atoms. The monoisotopic (exact) mass is 381 g/mol. The highest BCUT2D eigenvalue weighted by Crippen LogP contribution is 2.34. The van der Waals surface area contributed by atoms with E-state index in [4.69, 9.17) is 0 Å². The summed E-state index contributed by atoms with van der Waals surface area (Å²) in [6.45, 7) is 4.01. The molecule has 7 heteroatoms. The van der Waals surface area contributed by atoms with Gasteiger partial charge in [0.25, 0.3) is 11.1 Å². The Labute approximate surface area is 160 Å². The third-order valence-electron chi connectivity index (χ3n) is 4.55. The summed E-state index contributed by atoms with van der Waals surface area (Å²) in [7, 11) is 0. The predicted molar refractivity (Wildman–Crippen MR) is 106 cm³/mol. The second-order valence-corrected chi connectivity index (χ2v) is 7.65. The van der Waals surface area contributed by atoms with Gasteiger partial charge in [-0.25, -0.2) is 0 Å². The molecule has 1 saturated heterocycles. The zero-order valence-corrected chi connectivity index (χ0v) is 15.5. The second-order valence-electron chi connectivity index (χ2n) is 6.65. The van der Waals surface area contributed by atoms with Gasteiger partial charge in [0.2, 0.25) is 5.91 Å². The molecule has 4 rings (SSSR count). The van der Waals surface area contributed by atoms with E-state index in [-0.39, 0.29) is 30.1 Å². The van der Waals surface area contributed by atoms with E-state index in [1.54, 1.807) is 6.08 Å². The molecular formula is C20H19N3O3S. The van der Waals surface area contributed by atoms with Crippen molar-refractivity contribution in [3.05, 3.63) is 53.6 Å². The first-order valence-electron chi connectivity index (χ1n) is 8.80. The Morgan fingerprint density at radius 2 is 2.07 bits per heavy atom. The number of hydrogen-bond donors (Lipinski definition) is 1. The lowest BCUT2D eigenvalue weighted by Gasteiger charge is -2.07. The molecule has 1 aromatic carbocycles. The minimum absolute atomic E-state index is 0.0175. The fourth-order valence-electron chi connectivity index (χ4n) is 3.10. The van der Waals surface area contributed by atoms with Crippen LogP contribution in [0.1, 0.15) is 18.4 Å². The first-order chi connectivity index (χ1) is 13.1. The Bertz CT molecular complexity index is 988. The van der Waals surface area contributed by atoms with Crippen LogP contribution in [0.15, 0.2) is 48.0 Å². The van der Waals surface area contributed by atoms with Gasteiger partial charge in [-0.05, 0) is 36.7 Å². The molecule has 0 spiro atoms. The molecule has 2 heterocycles. The van der Waals surface area contributed by atoms with Gasteiger partial charge in [-0.2, -0.15) is 0 Å². The van der Waals surface area contributed by atoms with Crippen LogP contribution in [0.4, 0.5) is 4.79 Å². The molecular weight excluding hydrogens is 362 g/mol. The summed E-state index contributed by atoms with van der Waals surface area (Å²) in [4.78, 5) is 38.2. The first-order valence-corrected chi connectivity index (χ1v) is 9.62. The summed E-state index contributed by atoms with van der Waals surface area (Å²) < 4.78 is 1.88. The van der Waals surface area contributed by atoms with Crippen molar-refractivity contribution in [3.63, 3.8) is 0 Å². The van der Waals surface area contributed by atoms with Crippen LogP contribution in [0, 0.1) is 0 Å². The van der Waals surface area contributed by atoms with Crippen molar-refractivity contribution in [3.8, 4) is 0 Å². The van der Waals surface area contributed by atoms with E-state index in [2.05, 4.69) is 11.9 Å². The number of thioether (sulfide) groups is 1. The number of nitrogens with zero attached hydrogens (tertiary/aromatic N) is 2. The quantitative estimate of drug-likeness (QED) is 0.616. The number of imide groups is 1. The smallest absolute Gasteiger partial charge is 0.293 e. The van der Waals surface area contributed by atoms with Crippen molar-refractivity contribution < 1.29 is 14.4 Å². The average Bonchev–Trinajstić information content (AvgIpc) is 3.34. The van der Waals surface area contributed by atoms with Crippen molar-refractivity contribution in [2.24, 2.45) is 0 Å². The van der Waals surface area contributed by atoms with E-state index < -0.39 is 0 Å². The number of aromatic nitrogens is 1. The predicted octanol–water partition coefficient (Wildman–Crippen LogP) is 3.14. The van der Waals surface area contributed by atoms with Gasteiger partial charge >= 0.3 is 0 Å². The molecule has 1 N–H and O–H groups in total. The fourth-order valence-corrected chi connectivity index (χ4v) is 3.94. The molecule has 6 nitrogen and oxygen atoms in total. The van der Waals surface area contributed by atoms with Gasteiger partial charge < -0.3 is 9.88 Å². The average molecular weight is 381 g/mol. The maximum atomic E-state index is 12.5. The van der Waals surface area contributed by atoms with Gasteiger partial charge in [-0.1, -0.05) is 24.3 Å². The molecule has 2 aliphatic rings. The summed E-state index contributed by atoms with van der Waals surface area (Å²) in [5, 5.41) is 3.63. The zero-order chi connectivity index (χ0) is 19.0. The lowest BCUT2D eigenvalue weighted by Crippen LogP contribution is -2.29. The maximum absolute atomic E-state index is 12.5. The first kappa shape index (κ1) is 17.6. The number of carbonyl (C=O) groups excluding carboxylic acids is 3. The van der Waals surface area contributed by atoms with Gasteiger partial charge in [0.1, 0.15) is 6.54 Å². The minimum atomic E-state index is -0.312. The number of benzene rings is 1. The van der Waals surface area contributed by atoms with Crippen LogP contribution in [0.5, 0.6) is 0 Å². The molecule has 1 saturated carbocycles. The zero-order valence-electron chi connectivity index (χ0n) is 14.7. The Balaban J connectivity index is 1.66. The largest absolute Gasteiger partial charge is 0.352 e. The Hall–Kier alpha value is -2.80. The van der Waals surface area contributed by atoms with Gasteiger partial charge in [0.05, 0.1) is 4.91 Å². The number of fused-ring (bicyclic) bond motifs is 1. The fraction of sp³-hybridized carbons (Fsp3) is 0.250. The third kappa shape index (κ3) is 3.55. The summed E-state index contributed by atoms with van der Waals surface area (Å²) in [5.74, 6) is -0.329. The number of amides is 3. The molecule has 27 heavy (non-hydrogen) atoms. The number of hydrogen-bond acceptors (Lipinski definition) is 4. The molecule has 138 valence electrons. The van der Waals surface area contributed by atoms with Crippen LogP contribution >= 0.6 is 11.8 Å². The highest BCUT2D eigenvalue weighted by atomic mass is 32.2. The normalized spacial score (nSPS) is 18.5. The van der Waals surface area contributed by atoms with Crippen LogP contribution in [-0.4, -0.2) is 39.1 Å². The Morgan fingerprint density at radius 3 is 2.81 bits per heavy atom. The van der Waals surface area contributed by atoms with Gasteiger partial charge in [0, 0.05) is 35.2 Å². The van der Waals surface area contributed by atoms with Crippen LogP contribution < -0.4 is 5.32 Å². The number of carbonyl (C=O) groups is 3. The topological polar surface area (TPSA) is 71.4 Å². The standard InChI is InChI=1S/C20H19N3O3S/c1-2-9-23-19(25)17(27-20(23)26)10-13-11-22(12-18(24)21-14-7-8-14)16-6-4-3-5-15(13)16/h2-6,10-11,14H,1,7-9,12H2,(H,21,24)/b17-10-. The number of nitrogens with one attached hydrogen (secondary N) is 1. The summed E-state index contributed by atoms with van der Waals surface area (Å²) in [6, 6.07) is 8.04.